The number of hydrogen-bond donors (Lipinski definition) is 4. The zero-order chi connectivity index (χ0) is 24.6. The largest absolute Gasteiger partial charge is 0.507 e. The quantitative estimate of drug-likeness (QED) is 0.167. The van der Waals surface area contributed by atoms with Crippen LogP contribution in [0.2, 0.25) is 0 Å². The minimum atomic E-state index is 0.0955. The van der Waals surface area contributed by atoms with Crippen molar-refractivity contribution < 1.29 is 14.6 Å². The van der Waals surface area contributed by atoms with E-state index in [9.17, 15) is 5.11 Å². The van der Waals surface area contributed by atoms with E-state index in [1.54, 1.807) is 32.4 Å². The maximum absolute atomic E-state index is 10.0. The van der Waals surface area contributed by atoms with Gasteiger partial charge in [0.15, 0.2) is 0 Å². The maximum Gasteiger partial charge on any atom is 0.250 e. The van der Waals surface area contributed by atoms with Crippen molar-refractivity contribution in [2.45, 2.75) is 0 Å². The van der Waals surface area contributed by atoms with Gasteiger partial charge in [0, 0.05) is 21.4 Å². The predicted octanol–water partition coefficient (Wildman–Crippen LogP) is 5.29. The average molecular weight is 536 g/mol. The van der Waals surface area contributed by atoms with Gasteiger partial charge in [0.1, 0.15) is 17.2 Å². The average Bonchev–Trinajstić information content (AvgIpc) is 2.87. The molecule has 0 saturated heterocycles. The molecule has 4 N–H and O–H groups in total. The van der Waals surface area contributed by atoms with E-state index in [2.05, 4.69) is 52.0 Å². The molecule has 3 aromatic carbocycles. The van der Waals surface area contributed by atoms with Gasteiger partial charge in [0.05, 0.1) is 20.4 Å². The molecule has 11 heteroatoms. The van der Waals surface area contributed by atoms with Gasteiger partial charge in [-0.25, -0.2) is 5.43 Å². The number of hydrogen-bond acceptors (Lipinski definition) is 10. The Morgan fingerprint density at radius 2 is 1.29 bits per heavy atom. The molecule has 0 saturated carbocycles. The third-order valence-electron chi connectivity index (χ3n) is 4.69. The second-order valence-electron chi connectivity index (χ2n) is 7.09. The summed E-state index contributed by atoms with van der Waals surface area (Å²) in [7, 11) is 3.22. The molecule has 0 amide bonds. The van der Waals surface area contributed by atoms with Crippen molar-refractivity contribution >= 4 is 51.4 Å². The van der Waals surface area contributed by atoms with E-state index >= 15 is 0 Å². The fraction of sp³-hybridized carbons (Fsp3) is 0.0833. The van der Waals surface area contributed by atoms with Gasteiger partial charge in [-0.1, -0.05) is 15.9 Å². The van der Waals surface area contributed by atoms with Crippen LogP contribution in [-0.4, -0.2) is 40.5 Å². The Hall–Kier alpha value is -4.38. The standard InChI is InChI=1S/C24H22BrN7O3/c1-34-19-8-4-17(5-9-19)27-22-29-23(28-18-6-10-20(35-2)11-7-18)31-24(30-22)32-26-14-15-13-16(25)3-12-21(15)33/h3-14,33H,1-2H3,(H3,27,28,29,30,31,32). The summed E-state index contributed by atoms with van der Waals surface area (Å²) in [5.74, 6) is 2.35. The molecular formula is C24H22BrN7O3. The van der Waals surface area contributed by atoms with Crippen molar-refractivity contribution in [3.63, 3.8) is 0 Å². The van der Waals surface area contributed by atoms with E-state index < -0.39 is 0 Å². The summed E-state index contributed by atoms with van der Waals surface area (Å²) in [6.45, 7) is 0. The van der Waals surface area contributed by atoms with Crippen LogP contribution in [0.1, 0.15) is 5.56 Å². The van der Waals surface area contributed by atoms with E-state index in [0.29, 0.717) is 17.5 Å². The van der Waals surface area contributed by atoms with Crippen molar-refractivity contribution in [2.24, 2.45) is 5.10 Å². The van der Waals surface area contributed by atoms with Crippen molar-refractivity contribution in [3.8, 4) is 17.2 Å². The Bertz CT molecular complexity index is 1250. The molecule has 4 rings (SSSR count). The first-order chi connectivity index (χ1) is 17.0. The van der Waals surface area contributed by atoms with Crippen LogP contribution in [-0.2, 0) is 0 Å². The first kappa shape index (κ1) is 23.8. The van der Waals surface area contributed by atoms with Crippen LogP contribution in [0.15, 0.2) is 76.3 Å². The highest BCUT2D eigenvalue weighted by atomic mass is 79.9. The van der Waals surface area contributed by atoms with E-state index in [-0.39, 0.29) is 11.7 Å². The second-order valence-corrected chi connectivity index (χ2v) is 8.00. The van der Waals surface area contributed by atoms with Crippen LogP contribution in [0, 0.1) is 0 Å². The van der Waals surface area contributed by atoms with Crippen LogP contribution in [0.3, 0.4) is 0 Å². The predicted molar refractivity (Wildman–Crippen MR) is 139 cm³/mol. The molecule has 1 heterocycles. The minimum absolute atomic E-state index is 0.0955. The Balaban J connectivity index is 1.58. The highest BCUT2D eigenvalue weighted by molar-refractivity contribution is 9.10. The third-order valence-corrected chi connectivity index (χ3v) is 5.18. The van der Waals surface area contributed by atoms with Gasteiger partial charge >= 0.3 is 0 Å². The summed E-state index contributed by atoms with van der Waals surface area (Å²) in [5.41, 5.74) is 4.84. The van der Waals surface area contributed by atoms with Gasteiger partial charge < -0.3 is 25.2 Å². The number of methoxy groups -OCH3 is 2. The Kier molecular flexibility index (Phi) is 7.58. The zero-order valence-corrected chi connectivity index (χ0v) is 20.4. The SMILES string of the molecule is COc1ccc(Nc2nc(NN=Cc3cc(Br)ccc3O)nc(Nc3ccc(OC)cc3)n2)cc1. The summed E-state index contributed by atoms with van der Waals surface area (Å²) < 4.78 is 11.2. The normalized spacial score (nSPS) is 10.7. The number of aromatic hydroxyl groups is 1. The van der Waals surface area contributed by atoms with Crippen molar-refractivity contribution in [2.75, 3.05) is 30.3 Å². The Labute approximate surface area is 210 Å². The van der Waals surface area contributed by atoms with Crippen LogP contribution in [0.4, 0.5) is 29.2 Å². The highest BCUT2D eigenvalue weighted by Gasteiger charge is 2.08. The fourth-order valence-corrected chi connectivity index (χ4v) is 3.31. The number of phenols is 1. The number of nitrogens with zero attached hydrogens (tertiary/aromatic N) is 4. The lowest BCUT2D eigenvalue weighted by atomic mass is 10.2. The Morgan fingerprint density at radius 3 is 1.80 bits per heavy atom. The molecule has 0 unspecified atom stereocenters. The van der Waals surface area contributed by atoms with Crippen LogP contribution < -0.4 is 25.5 Å². The fourth-order valence-electron chi connectivity index (χ4n) is 2.93. The molecule has 0 spiro atoms. The number of benzene rings is 3. The smallest absolute Gasteiger partial charge is 0.250 e. The highest BCUT2D eigenvalue weighted by Crippen LogP contribution is 2.23. The number of anilines is 5. The second kappa shape index (κ2) is 11.2. The van der Waals surface area contributed by atoms with E-state index in [4.69, 9.17) is 9.47 Å². The lowest BCUT2D eigenvalue weighted by Crippen LogP contribution is -2.07. The molecule has 1 aromatic heterocycles. The van der Waals surface area contributed by atoms with Crippen LogP contribution >= 0.6 is 15.9 Å². The number of ether oxygens (including phenoxy) is 2. The molecule has 0 bridgehead atoms. The number of nitrogens with one attached hydrogen (secondary N) is 3. The number of hydrazone groups is 1. The molecule has 0 aliphatic carbocycles. The number of rotatable bonds is 9. The van der Waals surface area contributed by atoms with Crippen molar-refractivity contribution in [3.05, 3.63) is 76.8 Å². The molecule has 10 nitrogen and oxygen atoms in total. The van der Waals surface area contributed by atoms with E-state index in [1.165, 1.54) is 6.21 Å². The lowest BCUT2D eigenvalue weighted by molar-refractivity contribution is 0.415. The first-order valence-electron chi connectivity index (χ1n) is 10.4. The third kappa shape index (κ3) is 6.58. The molecule has 0 atom stereocenters. The molecule has 0 aliphatic rings. The van der Waals surface area contributed by atoms with Gasteiger partial charge in [-0.15, -0.1) is 0 Å². The van der Waals surface area contributed by atoms with E-state index in [1.807, 2.05) is 48.5 Å². The first-order valence-corrected chi connectivity index (χ1v) is 11.2. The topological polar surface area (TPSA) is 126 Å². The van der Waals surface area contributed by atoms with Crippen LogP contribution in [0.25, 0.3) is 0 Å². The van der Waals surface area contributed by atoms with Gasteiger partial charge in [-0.05, 0) is 66.7 Å². The summed E-state index contributed by atoms with van der Waals surface area (Å²) in [6.07, 6.45) is 1.47. The Morgan fingerprint density at radius 1 is 0.771 bits per heavy atom. The monoisotopic (exact) mass is 535 g/mol. The number of aromatic nitrogens is 3. The molecule has 0 aliphatic heterocycles. The zero-order valence-electron chi connectivity index (χ0n) is 18.9. The molecule has 178 valence electrons. The summed E-state index contributed by atoms with van der Waals surface area (Å²) in [6, 6.07) is 19.7. The summed E-state index contributed by atoms with van der Waals surface area (Å²) in [5, 5.41) is 20.5. The van der Waals surface area contributed by atoms with Gasteiger partial charge in [0.2, 0.25) is 17.8 Å². The van der Waals surface area contributed by atoms with E-state index in [0.717, 1.165) is 27.3 Å². The molecular weight excluding hydrogens is 514 g/mol. The number of halogens is 1. The summed E-state index contributed by atoms with van der Waals surface area (Å²) in [4.78, 5) is 13.2. The van der Waals surface area contributed by atoms with Crippen molar-refractivity contribution in [1.82, 2.24) is 15.0 Å². The van der Waals surface area contributed by atoms with Crippen LogP contribution in [0.5, 0.6) is 17.2 Å². The van der Waals surface area contributed by atoms with Gasteiger partial charge in [-0.3, -0.25) is 0 Å². The minimum Gasteiger partial charge on any atom is -0.507 e. The molecule has 0 fully saturated rings. The lowest BCUT2D eigenvalue weighted by Gasteiger charge is -2.11. The molecule has 0 radical (unpaired) electrons. The number of phenolic OH excluding ortho intramolecular Hbond substituents is 1. The molecule has 4 aromatic rings. The maximum atomic E-state index is 10.0. The molecule has 35 heavy (non-hydrogen) atoms. The van der Waals surface area contributed by atoms with Crippen molar-refractivity contribution in [1.29, 1.82) is 0 Å². The summed E-state index contributed by atoms with van der Waals surface area (Å²) >= 11 is 3.37. The van der Waals surface area contributed by atoms with Gasteiger partial charge in [-0.2, -0.15) is 20.1 Å². The van der Waals surface area contributed by atoms with Gasteiger partial charge in [0.25, 0.3) is 0 Å².